The van der Waals surface area contributed by atoms with Crippen molar-refractivity contribution in [1.82, 2.24) is 15.1 Å². The second-order valence-electron chi connectivity index (χ2n) is 4.52. The van der Waals surface area contributed by atoms with E-state index < -0.39 is 0 Å². The summed E-state index contributed by atoms with van der Waals surface area (Å²) in [5.41, 5.74) is 4.38. The summed E-state index contributed by atoms with van der Waals surface area (Å²) in [7, 11) is 4.15. The Morgan fingerprint density at radius 3 is 2.79 bits per heavy atom. The van der Waals surface area contributed by atoms with E-state index in [9.17, 15) is 0 Å². The number of nitrogens with zero attached hydrogens (tertiary/aromatic N) is 2. The molecule has 1 fully saturated rings. The first-order valence-electron chi connectivity index (χ1n) is 5.54. The van der Waals surface area contributed by atoms with Crippen LogP contribution in [0.15, 0.2) is 0 Å². The van der Waals surface area contributed by atoms with Crippen LogP contribution in [0, 0.1) is 0 Å². The van der Waals surface area contributed by atoms with Crippen molar-refractivity contribution in [3.8, 4) is 0 Å². The minimum Gasteiger partial charge on any atom is -0.313 e. The molecule has 3 nitrogen and oxygen atoms in total. The molecule has 0 aliphatic heterocycles. The molecule has 1 unspecified atom stereocenters. The first-order valence-corrected chi connectivity index (χ1v) is 5.54. The van der Waals surface area contributed by atoms with E-state index in [1.807, 2.05) is 0 Å². The molecule has 3 rings (SSSR count). The molecule has 1 heterocycles. The summed E-state index contributed by atoms with van der Waals surface area (Å²) in [6.45, 7) is 0. The molecular weight excluding hydrogens is 174 g/mol. The van der Waals surface area contributed by atoms with Crippen molar-refractivity contribution in [1.29, 1.82) is 0 Å². The molecule has 0 aromatic carbocycles. The molecule has 0 radical (unpaired) electrons. The number of rotatable bonds is 2. The molecule has 1 aromatic rings. The first kappa shape index (κ1) is 8.48. The highest BCUT2D eigenvalue weighted by atomic mass is 15.3. The summed E-state index contributed by atoms with van der Waals surface area (Å²) in [5.74, 6) is 0.810. The van der Waals surface area contributed by atoms with Crippen molar-refractivity contribution < 1.29 is 0 Å². The number of hydrogen-bond donors (Lipinski definition) is 1. The van der Waals surface area contributed by atoms with Crippen LogP contribution in [0.2, 0.25) is 0 Å². The van der Waals surface area contributed by atoms with Gasteiger partial charge in [0, 0.05) is 30.3 Å². The number of nitrogens with one attached hydrogen (secondary N) is 1. The molecule has 0 bridgehead atoms. The molecule has 2 aliphatic carbocycles. The maximum atomic E-state index is 4.63. The van der Waals surface area contributed by atoms with Crippen LogP contribution in [0.1, 0.15) is 48.2 Å². The molecule has 14 heavy (non-hydrogen) atoms. The highest BCUT2D eigenvalue weighted by Gasteiger charge is 2.36. The molecule has 1 atom stereocenters. The summed E-state index contributed by atoms with van der Waals surface area (Å²) >= 11 is 0. The quantitative estimate of drug-likeness (QED) is 0.768. The minimum atomic E-state index is 0.564. The Morgan fingerprint density at radius 1 is 1.36 bits per heavy atom. The molecule has 76 valence electrons. The molecule has 2 aliphatic rings. The fourth-order valence-electron chi connectivity index (χ4n) is 2.73. The van der Waals surface area contributed by atoms with Crippen LogP contribution in [-0.2, 0) is 13.5 Å². The van der Waals surface area contributed by atoms with Gasteiger partial charge in [0.05, 0.1) is 5.69 Å². The van der Waals surface area contributed by atoms with E-state index in [2.05, 4.69) is 29.2 Å². The Hall–Kier alpha value is -0.830. The van der Waals surface area contributed by atoms with E-state index in [4.69, 9.17) is 0 Å². The lowest BCUT2D eigenvalue weighted by atomic mass is 10.1. The molecule has 1 aromatic heterocycles. The fraction of sp³-hybridized carbons (Fsp3) is 0.727. The second kappa shape index (κ2) is 2.83. The molecule has 0 saturated heterocycles. The topological polar surface area (TPSA) is 29.9 Å². The Kier molecular flexibility index (Phi) is 1.71. The normalized spacial score (nSPS) is 25.4. The summed E-state index contributed by atoms with van der Waals surface area (Å²) in [6, 6.07) is 0.564. The summed E-state index contributed by atoms with van der Waals surface area (Å²) in [6.07, 6.45) is 5.11. The Morgan fingerprint density at radius 2 is 2.14 bits per heavy atom. The van der Waals surface area contributed by atoms with Crippen LogP contribution in [-0.4, -0.2) is 16.8 Å². The number of hydrogen-bond acceptors (Lipinski definition) is 2. The van der Waals surface area contributed by atoms with Crippen LogP contribution in [0.4, 0.5) is 0 Å². The third-order valence-electron chi connectivity index (χ3n) is 3.54. The maximum Gasteiger partial charge on any atom is 0.0676 e. The molecule has 0 spiro atoms. The van der Waals surface area contributed by atoms with E-state index in [0.29, 0.717) is 6.04 Å². The summed E-state index contributed by atoms with van der Waals surface area (Å²) < 4.78 is 2.12. The molecule has 1 saturated carbocycles. The van der Waals surface area contributed by atoms with Gasteiger partial charge in [-0.2, -0.15) is 5.10 Å². The van der Waals surface area contributed by atoms with Gasteiger partial charge in [0.2, 0.25) is 0 Å². The van der Waals surface area contributed by atoms with Crippen LogP contribution < -0.4 is 5.32 Å². The van der Waals surface area contributed by atoms with E-state index in [1.165, 1.54) is 36.2 Å². The van der Waals surface area contributed by atoms with Crippen LogP contribution in [0.25, 0.3) is 0 Å². The maximum absolute atomic E-state index is 4.63. The molecule has 3 heteroatoms. The average Bonchev–Trinajstić information content (AvgIpc) is 2.83. The third kappa shape index (κ3) is 1.05. The lowest BCUT2D eigenvalue weighted by Gasteiger charge is -2.11. The fourth-order valence-corrected chi connectivity index (χ4v) is 2.73. The Balaban J connectivity index is 2.09. The number of fused-ring (bicyclic) bond motifs is 1. The lowest BCUT2D eigenvalue weighted by Crippen LogP contribution is -2.15. The van der Waals surface area contributed by atoms with Crippen molar-refractivity contribution >= 4 is 0 Å². The van der Waals surface area contributed by atoms with Gasteiger partial charge in [0.1, 0.15) is 0 Å². The zero-order valence-corrected chi connectivity index (χ0v) is 8.88. The van der Waals surface area contributed by atoms with Crippen LogP contribution in [0.5, 0.6) is 0 Å². The zero-order valence-electron chi connectivity index (χ0n) is 8.88. The van der Waals surface area contributed by atoms with Crippen molar-refractivity contribution in [2.75, 3.05) is 7.05 Å². The van der Waals surface area contributed by atoms with Gasteiger partial charge in [-0.25, -0.2) is 0 Å². The van der Waals surface area contributed by atoms with Crippen LogP contribution >= 0.6 is 0 Å². The van der Waals surface area contributed by atoms with Gasteiger partial charge in [-0.05, 0) is 32.7 Å². The lowest BCUT2D eigenvalue weighted by molar-refractivity contribution is 0.568. The van der Waals surface area contributed by atoms with E-state index in [0.717, 1.165) is 12.3 Å². The summed E-state index contributed by atoms with van der Waals surface area (Å²) in [5, 5.41) is 8.03. The van der Waals surface area contributed by atoms with Crippen LogP contribution in [0.3, 0.4) is 0 Å². The number of aryl methyl sites for hydroxylation is 2. The van der Waals surface area contributed by atoms with E-state index in [-0.39, 0.29) is 0 Å². The largest absolute Gasteiger partial charge is 0.313 e. The predicted molar refractivity (Wildman–Crippen MR) is 55.3 cm³/mol. The van der Waals surface area contributed by atoms with Gasteiger partial charge in [0.25, 0.3) is 0 Å². The molecule has 0 amide bonds. The van der Waals surface area contributed by atoms with Gasteiger partial charge >= 0.3 is 0 Å². The van der Waals surface area contributed by atoms with E-state index >= 15 is 0 Å². The minimum absolute atomic E-state index is 0.564. The highest BCUT2D eigenvalue weighted by Crippen LogP contribution is 2.46. The van der Waals surface area contributed by atoms with Gasteiger partial charge in [-0.3, -0.25) is 4.68 Å². The smallest absolute Gasteiger partial charge is 0.0676 e. The van der Waals surface area contributed by atoms with Gasteiger partial charge in [-0.15, -0.1) is 0 Å². The van der Waals surface area contributed by atoms with Gasteiger partial charge in [-0.1, -0.05) is 0 Å². The molecular formula is C11H17N3. The standard InChI is InChI=1S/C11H17N3/c1-12-8-5-6-9-10(8)11(7-3-4-7)14(2)13-9/h7-8,12H,3-6H2,1-2H3. The van der Waals surface area contributed by atoms with Crippen molar-refractivity contribution in [3.05, 3.63) is 17.0 Å². The average molecular weight is 191 g/mol. The monoisotopic (exact) mass is 191 g/mol. The van der Waals surface area contributed by atoms with E-state index in [1.54, 1.807) is 0 Å². The summed E-state index contributed by atoms with van der Waals surface area (Å²) in [4.78, 5) is 0. The second-order valence-corrected chi connectivity index (χ2v) is 4.52. The highest BCUT2D eigenvalue weighted by molar-refractivity contribution is 5.38. The van der Waals surface area contributed by atoms with Gasteiger partial charge in [0.15, 0.2) is 0 Å². The Bertz CT molecular complexity index is 363. The van der Waals surface area contributed by atoms with Crippen molar-refractivity contribution in [2.24, 2.45) is 7.05 Å². The van der Waals surface area contributed by atoms with Crippen molar-refractivity contribution in [3.63, 3.8) is 0 Å². The SMILES string of the molecule is CNC1CCc2nn(C)c(C3CC3)c21. The first-order chi connectivity index (χ1) is 6.81. The third-order valence-corrected chi connectivity index (χ3v) is 3.54. The number of aromatic nitrogens is 2. The molecule has 1 N–H and O–H groups in total. The zero-order chi connectivity index (χ0) is 9.71. The van der Waals surface area contributed by atoms with Crippen molar-refractivity contribution in [2.45, 2.75) is 37.6 Å². The predicted octanol–water partition coefficient (Wildman–Crippen LogP) is 1.50. The van der Waals surface area contributed by atoms with Gasteiger partial charge < -0.3 is 5.32 Å². The Labute approximate surface area is 84.5 Å².